The van der Waals surface area contributed by atoms with Crippen LogP contribution in [0.1, 0.15) is 25.5 Å². The standard InChI is InChI=1S/C18H23NO3.ClH/c1-13(12-22-17-6-4-3-5-7-17)19-14(2)18(21)15-8-10-16(20)11-9-15;/h3-11,13-14,18-21H,12H2,1-2H3;1H/q+1;. The van der Waals surface area contributed by atoms with Crippen LogP contribution in [-0.2, 0) is 0 Å². The second-order valence-electron chi connectivity index (χ2n) is 5.69. The maximum absolute atomic E-state index is 10.4. The van der Waals surface area contributed by atoms with Gasteiger partial charge in [0.15, 0.2) is 6.04 Å². The summed E-state index contributed by atoms with van der Waals surface area (Å²) < 4.78 is 5.72. The van der Waals surface area contributed by atoms with Crippen molar-refractivity contribution in [1.29, 1.82) is 0 Å². The largest absolute Gasteiger partial charge is 1.00 e. The molecule has 0 aliphatic heterocycles. The monoisotopic (exact) mass is 337 g/mol. The Hall–Kier alpha value is -1.75. The van der Waals surface area contributed by atoms with E-state index >= 15 is 0 Å². The molecule has 4 nitrogen and oxygen atoms in total. The highest BCUT2D eigenvalue weighted by molar-refractivity contribution is 5.27. The number of nitrogens with two attached hydrogens (primary N) is 1. The molecule has 0 fully saturated rings. The second kappa shape index (κ2) is 9.40. The number of aliphatic hydroxyl groups is 1. The van der Waals surface area contributed by atoms with E-state index < -0.39 is 6.10 Å². The van der Waals surface area contributed by atoms with Crippen molar-refractivity contribution >= 4 is 0 Å². The molecule has 125 valence electrons. The number of halogens is 1. The first-order valence-corrected chi connectivity index (χ1v) is 7.56. The topological polar surface area (TPSA) is 68.4 Å². The maximum Gasteiger partial charge on any atom is 0.343 e. The number of hydrogen-bond donors (Lipinski definition) is 3. The molecule has 2 aromatic carbocycles. The van der Waals surface area contributed by atoms with Gasteiger partial charge in [-0.25, -0.2) is 4.74 Å². The molecule has 4 N–H and O–H groups in total. The van der Waals surface area contributed by atoms with E-state index in [2.05, 4.69) is 12.2 Å². The number of para-hydroxylation sites is 1. The van der Waals surface area contributed by atoms with Crippen LogP contribution in [0, 0.1) is 0 Å². The van der Waals surface area contributed by atoms with Gasteiger partial charge >= 0.3 is 12.4 Å². The van der Waals surface area contributed by atoms with Crippen LogP contribution in [-0.4, -0.2) is 28.9 Å². The van der Waals surface area contributed by atoms with E-state index in [1.54, 1.807) is 24.3 Å². The number of benzene rings is 2. The molecule has 0 aromatic heterocycles. The Morgan fingerprint density at radius 2 is 1.61 bits per heavy atom. The molecule has 23 heavy (non-hydrogen) atoms. The first kappa shape index (κ1) is 19.3. The van der Waals surface area contributed by atoms with Gasteiger partial charge in [-0.1, -0.05) is 30.3 Å². The number of ether oxygens (including phenoxy) is 1. The predicted molar refractivity (Wildman–Crippen MR) is 85.9 cm³/mol. The third-order valence-corrected chi connectivity index (χ3v) is 3.62. The summed E-state index contributed by atoms with van der Waals surface area (Å²) in [7, 11) is 0. The highest BCUT2D eigenvalue weighted by atomic mass is 35.5. The van der Waals surface area contributed by atoms with Gasteiger partial charge in [0.1, 0.15) is 17.9 Å². The number of quaternary nitrogens is 1. The van der Waals surface area contributed by atoms with Crippen LogP contribution in [0.25, 0.3) is 0 Å². The maximum atomic E-state index is 10.4. The van der Waals surface area contributed by atoms with Gasteiger partial charge in [0, 0.05) is 12.1 Å². The molecule has 2 aromatic rings. The molecular formula is C18H24ClNO3+. The van der Waals surface area contributed by atoms with Crippen molar-refractivity contribution in [2.75, 3.05) is 6.61 Å². The number of phenolic OH excluding ortho intramolecular Hbond substituents is 1. The van der Waals surface area contributed by atoms with Crippen LogP contribution in [0.3, 0.4) is 0 Å². The number of phenols is 1. The highest BCUT2D eigenvalue weighted by Gasteiger charge is 2.24. The van der Waals surface area contributed by atoms with E-state index in [4.69, 9.17) is 4.74 Å². The smallest absolute Gasteiger partial charge is 0.343 e. The Bertz CT molecular complexity index is 562. The fraction of sp³-hybridized carbons (Fsp3) is 0.333. The summed E-state index contributed by atoms with van der Waals surface area (Å²) in [5.74, 6) is 1.06. The van der Waals surface area contributed by atoms with Gasteiger partial charge in [0.25, 0.3) is 0 Å². The van der Waals surface area contributed by atoms with Crippen molar-refractivity contribution in [1.82, 2.24) is 0 Å². The van der Waals surface area contributed by atoms with Crippen LogP contribution in [0.5, 0.6) is 11.5 Å². The molecule has 0 bridgehead atoms. The quantitative estimate of drug-likeness (QED) is 0.559. The third-order valence-electron chi connectivity index (χ3n) is 3.62. The Labute approximate surface area is 143 Å². The van der Waals surface area contributed by atoms with Crippen LogP contribution in [0.15, 0.2) is 54.6 Å². The Morgan fingerprint density at radius 1 is 1.00 bits per heavy atom. The van der Waals surface area contributed by atoms with Crippen LogP contribution in [0.4, 0.5) is 0 Å². The summed E-state index contributed by atoms with van der Waals surface area (Å²) in [5.41, 5.74) is 0.803. The molecule has 1 radical (unpaired) electrons. The van der Waals surface area contributed by atoms with Gasteiger partial charge < -0.3 is 27.9 Å². The van der Waals surface area contributed by atoms with Crippen molar-refractivity contribution in [2.24, 2.45) is 0 Å². The van der Waals surface area contributed by atoms with E-state index in [0.717, 1.165) is 11.3 Å². The summed E-state index contributed by atoms with van der Waals surface area (Å²) in [6.45, 7) is 4.64. The zero-order valence-electron chi connectivity index (χ0n) is 13.4. The predicted octanol–water partition coefficient (Wildman–Crippen LogP) is -1.15. The zero-order chi connectivity index (χ0) is 15.9. The van der Waals surface area contributed by atoms with E-state index in [9.17, 15) is 10.2 Å². The van der Waals surface area contributed by atoms with E-state index in [1.807, 2.05) is 37.3 Å². The minimum Gasteiger partial charge on any atom is -1.00 e. The van der Waals surface area contributed by atoms with Gasteiger partial charge in [-0.3, -0.25) is 0 Å². The number of rotatable bonds is 7. The lowest BCUT2D eigenvalue weighted by Gasteiger charge is -2.19. The average Bonchev–Trinajstić information content (AvgIpc) is 2.54. The Morgan fingerprint density at radius 3 is 2.22 bits per heavy atom. The molecule has 3 unspecified atom stereocenters. The SMILES string of the molecule is CC(C[O+]c1ccccc1)[NH2+]C(C)C(O)c1ccc(O)cc1.[Cl-]. The molecule has 3 atom stereocenters. The van der Waals surface area contributed by atoms with Crippen molar-refractivity contribution < 1.29 is 32.7 Å². The van der Waals surface area contributed by atoms with Crippen molar-refractivity contribution in [3.63, 3.8) is 0 Å². The first-order chi connectivity index (χ1) is 10.6. The van der Waals surface area contributed by atoms with Gasteiger partial charge in [0.05, 0.1) is 0 Å². The Kier molecular flexibility index (Phi) is 7.89. The van der Waals surface area contributed by atoms with Gasteiger partial charge in [-0.15, -0.1) is 0 Å². The molecular weight excluding hydrogens is 314 g/mol. The lowest BCUT2D eigenvalue weighted by Crippen LogP contribution is -3.00. The normalized spacial score (nSPS) is 14.4. The Balaban J connectivity index is 0.00000264. The highest BCUT2D eigenvalue weighted by Crippen LogP contribution is 2.18. The summed E-state index contributed by atoms with van der Waals surface area (Å²) in [5, 5.41) is 21.8. The van der Waals surface area contributed by atoms with Crippen LogP contribution < -0.4 is 22.5 Å². The minimum atomic E-state index is -0.584. The number of aromatic hydroxyl groups is 1. The fourth-order valence-electron chi connectivity index (χ4n) is 2.40. The molecule has 0 saturated heterocycles. The van der Waals surface area contributed by atoms with Crippen LogP contribution >= 0.6 is 0 Å². The van der Waals surface area contributed by atoms with E-state index in [0.29, 0.717) is 6.61 Å². The van der Waals surface area contributed by atoms with Crippen molar-refractivity contribution in [2.45, 2.75) is 32.0 Å². The molecule has 2 rings (SSSR count). The fourth-order valence-corrected chi connectivity index (χ4v) is 2.40. The summed E-state index contributed by atoms with van der Waals surface area (Å²) >= 11 is 0. The molecule has 5 heteroatoms. The molecule has 0 heterocycles. The second-order valence-corrected chi connectivity index (χ2v) is 5.69. The lowest BCUT2D eigenvalue weighted by atomic mass is 10.0. The van der Waals surface area contributed by atoms with Crippen LogP contribution in [0.2, 0.25) is 0 Å². The van der Waals surface area contributed by atoms with E-state index in [1.165, 1.54) is 0 Å². The minimum absolute atomic E-state index is 0. The van der Waals surface area contributed by atoms with Gasteiger partial charge in [0.2, 0.25) is 0 Å². The summed E-state index contributed by atoms with van der Waals surface area (Å²) in [6, 6.07) is 16.6. The van der Waals surface area contributed by atoms with Crippen molar-refractivity contribution in [3.8, 4) is 11.5 Å². The van der Waals surface area contributed by atoms with E-state index in [-0.39, 0.29) is 30.2 Å². The number of aliphatic hydroxyl groups excluding tert-OH is 1. The van der Waals surface area contributed by atoms with Gasteiger partial charge in [-0.05, 0) is 31.5 Å². The molecule has 0 aliphatic carbocycles. The molecule has 0 saturated carbocycles. The average molecular weight is 338 g/mol. The number of hydrogen-bond acceptors (Lipinski definition) is 3. The lowest BCUT2D eigenvalue weighted by molar-refractivity contribution is -0.723. The third kappa shape index (κ3) is 6.10. The molecule has 0 amide bonds. The zero-order valence-corrected chi connectivity index (χ0v) is 14.1. The van der Waals surface area contributed by atoms with Crippen molar-refractivity contribution in [3.05, 3.63) is 60.2 Å². The summed E-state index contributed by atoms with van der Waals surface area (Å²) in [4.78, 5) is 0. The summed E-state index contributed by atoms with van der Waals surface area (Å²) in [6.07, 6.45) is -0.584. The molecule has 0 spiro atoms. The first-order valence-electron chi connectivity index (χ1n) is 7.56. The van der Waals surface area contributed by atoms with Gasteiger partial charge in [-0.2, -0.15) is 0 Å². The molecule has 0 aliphatic rings.